The molecule has 1 aromatic carbocycles. The average molecular weight is 439 g/mol. The van der Waals surface area contributed by atoms with Crippen molar-refractivity contribution in [2.45, 2.75) is 51.2 Å². The van der Waals surface area contributed by atoms with E-state index >= 15 is 0 Å². The maximum Gasteiger partial charge on any atom is 0.254 e. The Kier molecular flexibility index (Phi) is 6.28. The third-order valence-electron chi connectivity index (χ3n) is 7.80. The number of piperazine rings is 1. The Labute approximate surface area is 191 Å². The van der Waals surface area contributed by atoms with E-state index < -0.39 is 0 Å². The zero-order chi connectivity index (χ0) is 22.1. The van der Waals surface area contributed by atoms with Crippen LogP contribution in [0.25, 0.3) is 10.9 Å². The minimum Gasteiger partial charge on any atom is -0.375 e. The molecule has 3 aliphatic heterocycles. The van der Waals surface area contributed by atoms with E-state index in [1.807, 2.05) is 35.4 Å². The highest BCUT2D eigenvalue weighted by atomic mass is 16.5. The van der Waals surface area contributed by atoms with Crippen LogP contribution in [0.3, 0.4) is 0 Å². The number of ether oxygens (including phenoxy) is 1. The zero-order valence-electron chi connectivity index (χ0n) is 19.7. The molecule has 1 spiro atoms. The highest BCUT2D eigenvalue weighted by Crippen LogP contribution is 2.37. The third-order valence-corrected chi connectivity index (χ3v) is 7.80. The Morgan fingerprint density at radius 3 is 2.66 bits per heavy atom. The summed E-state index contributed by atoms with van der Waals surface area (Å²) in [6.45, 7) is 13.0. The molecule has 6 heteroatoms. The minimum absolute atomic E-state index is 0.0468. The summed E-state index contributed by atoms with van der Waals surface area (Å²) in [5.41, 5.74) is 1.78. The lowest BCUT2D eigenvalue weighted by molar-refractivity contribution is -0.132. The molecule has 0 aliphatic carbocycles. The van der Waals surface area contributed by atoms with E-state index in [1.165, 1.54) is 32.7 Å². The molecule has 0 unspecified atom stereocenters. The Bertz CT molecular complexity index is 923. The molecule has 174 valence electrons. The highest BCUT2D eigenvalue weighted by Gasteiger charge is 2.43. The van der Waals surface area contributed by atoms with Gasteiger partial charge in [-0.15, -0.1) is 0 Å². The van der Waals surface area contributed by atoms with Gasteiger partial charge in [0.2, 0.25) is 0 Å². The minimum atomic E-state index is -0.0468. The van der Waals surface area contributed by atoms with Crippen LogP contribution < -0.4 is 0 Å². The molecule has 1 amide bonds. The summed E-state index contributed by atoms with van der Waals surface area (Å²) in [4.78, 5) is 23.8. The highest BCUT2D eigenvalue weighted by molar-refractivity contribution is 6.06. The van der Waals surface area contributed by atoms with Crippen molar-refractivity contribution in [2.75, 3.05) is 52.4 Å². The van der Waals surface area contributed by atoms with Gasteiger partial charge < -0.3 is 19.5 Å². The number of aromatic nitrogens is 1. The summed E-state index contributed by atoms with van der Waals surface area (Å²) in [5.74, 6) is 0.892. The fraction of sp³-hybridized carbons (Fsp3) is 0.654. The van der Waals surface area contributed by atoms with E-state index in [0.29, 0.717) is 6.04 Å². The van der Waals surface area contributed by atoms with Gasteiger partial charge in [-0.25, -0.2) is 0 Å². The fourth-order valence-electron chi connectivity index (χ4n) is 6.05. The molecule has 1 aromatic heterocycles. The summed E-state index contributed by atoms with van der Waals surface area (Å²) < 4.78 is 6.41. The van der Waals surface area contributed by atoms with Crippen molar-refractivity contribution >= 4 is 16.8 Å². The van der Waals surface area contributed by atoms with Crippen LogP contribution in [0.1, 0.15) is 49.9 Å². The lowest BCUT2D eigenvalue weighted by Crippen LogP contribution is -2.57. The first kappa shape index (κ1) is 21.9. The number of hydrogen-bond donors (Lipinski definition) is 1. The zero-order valence-corrected chi connectivity index (χ0v) is 19.7. The topological polar surface area (TPSA) is 51.8 Å². The van der Waals surface area contributed by atoms with Crippen LogP contribution in [0.4, 0.5) is 0 Å². The molecular weight excluding hydrogens is 400 g/mol. The maximum atomic E-state index is 13.3. The van der Waals surface area contributed by atoms with Gasteiger partial charge in [-0.05, 0) is 49.8 Å². The Morgan fingerprint density at radius 1 is 1.12 bits per heavy atom. The van der Waals surface area contributed by atoms with Crippen molar-refractivity contribution in [3.63, 3.8) is 0 Å². The van der Waals surface area contributed by atoms with Gasteiger partial charge in [0.05, 0.1) is 5.60 Å². The van der Waals surface area contributed by atoms with Gasteiger partial charge in [-0.3, -0.25) is 9.69 Å². The molecule has 4 heterocycles. The Hall–Kier alpha value is -1.89. The molecule has 1 N–H and O–H groups in total. The van der Waals surface area contributed by atoms with Crippen molar-refractivity contribution in [3.8, 4) is 0 Å². The van der Waals surface area contributed by atoms with Gasteiger partial charge in [0.25, 0.3) is 5.91 Å². The normalized spacial score (nSPS) is 25.1. The lowest BCUT2D eigenvalue weighted by Gasteiger charge is -2.49. The molecule has 3 saturated heterocycles. The number of H-pyrrole nitrogens is 1. The number of hydrogen-bond acceptors (Lipinski definition) is 4. The molecule has 0 saturated carbocycles. The van der Waals surface area contributed by atoms with Crippen molar-refractivity contribution in [2.24, 2.45) is 5.92 Å². The number of piperidine rings is 1. The number of nitrogens with one attached hydrogen (secondary N) is 1. The number of nitrogens with zero attached hydrogens (tertiary/aromatic N) is 3. The molecule has 3 fully saturated rings. The number of carbonyl (C=O) groups is 1. The smallest absolute Gasteiger partial charge is 0.254 e. The van der Waals surface area contributed by atoms with Gasteiger partial charge in [0.15, 0.2) is 0 Å². The quantitative estimate of drug-likeness (QED) is 0.793. The predicted octanol–water partition coefficient (Wildman–Crippen LogP) is 3.60. The molecule has 1 atom stereocenters. The predicted molar refractivity (Wildman–Crippen MR) is 128 cm³/mol. The van der Waals surface area contributed by atoms with Crippen LogP contribution in [0.5, 0.6) is 0 Å². The number of rotatable bonds is 4. The molecule has 3 aliphatic rings. The van der Waals surface area contributed by atoms with Crippen LogP contribution in [-0.2, 0) is 4.74 Å². The summed E-state index contributed by atoms with van der Waals surface area (Å²) >= 11 is 0. The van der Waals surface area contributed by atoms with Crippen molar-refractivity contribution in [3.05, 3.63) is 36.0 Å². The molecule has 2 aromatic rings. The van der Waals surface area contributed by atoms with Crippen molar-refractivity contribution < 1.29 is 9.53 Å². The maximum absolute atomic E-state index is 13.3. The molecule has 6 nitrogen and oxygen atoms in total. The van der Waals surface area contributed by atoms with Gasteiger partial charge >= 0.3 is 0 Å². The standard InChI is InChI=1S/C26H38N4O2/c1-20(2)19-28-13-15-29(16-14-28)21-7-17-32-26(18-21)8-11-30(12-9-26)25(31)23-4-3-5-24-22(23)6-10-27-24/h3-6,10,20-21,27H,7-9,11-19H2,1-2H3/t21-/m0/s1. The van der Waals surface area contributed by atoms with Crippen LogP contribution >= 0.6 is 0 Å². The van der Waals surface area contributed by atoms with E-state index in [0.717, 1.165) is 67.8 Å². The second-order valence-electron chi connectivity index (χ2n) is 10.4. The van der Waals surface area contributed by atoms with Crippen molar-refractivity contribution in [1.29, 1.82) is 0 Å². The number of amides is 1. The summed E-state index contributed by atoms with van der Waals surface area (Å²) in [7, 11) is 0. The summed E-state index contributed by atoms with van der Waals surface area (Å²) in [5, 5.41) is 1.02. The lowest BCUT2D eigenvalue weighted by atomic mass is 9.81. The Balaban J connectivity index is 1.18. The molecule has 5 rings (SSSR count). The number of benzene rings is 1. The first-order chi connectivity index (χ1) is 15.5. The molecule has 0 bridgehead atoms. The van der Waals surface area contributed by atoms with Crippen LogP contribution in [0, 0.1) is 5.92 Å². The molecular formula is C26H38N4O2. The number of aromatic amines is 1. The van der Waals surface area contributed by atoms with E-state index in [4.69, 9.17) is 4.74 Å². The van der Waals surface area contributed by atoms with E-state index in [9.17, 15) is 4.79 Å². The SMILES string of the molecule is CC(C)CN1CCN([C@H]2CCOC3(CCN(C(=O)c4cccc5[nH]ccc45)CC3)C2)CC1. The van der Waals surface area contributed by atoms with Gasteiger partial charge in [-0.2, -0.15) is 0 Å². The molecule has 0 radical (unpaired) electrons. The van der Waals surface area contributed by atoms with Crippen LogP contribution in [-0.4, -0.2) is 89.7 Å². The van der Waals surface area contributed by atoms with E-state index in [-0.39, 0.29) is 11.5 Å². The Morgan fingerprint density at radius 2 is 1.91 bits per heavy atom. The summed E-state index contributed by atoms with van der Waals surface area (Å²) in [6.07, 6.45) is 6.07. The van der Waals surface area contributed by atoms with Gasteiger partial charge in [-0.1, -0.05) is 19.9 Å². The fourth-order valence-corrected chi connectivity index (χ4v) is 6.05. The summed E-state index contributed by atoms with van der Waals surface area (Å²) in [6, 6.07) is 8.57. The van der Waals surface area contributed by atoms with Crippen LogP contribution in [0.2, 0.25) is 0 Å². The van der Waals surface area contributed by atoms with Gasteiger partial charge in [0, 0.05) is 81.1 Å². The first-order valence-corrected chi connectivity index (χ1v) is 12.5. The third kappa shape index (κ3) is 4.45. The number of likely N-dealkylation sites (tertiary alicyclic amines) is 1. The molecule has 32 heavy (non-hydrogen) atoms. The van der Waals surface area contributed by atoms with Crippen LogP contribution in [0.15, 0.2) is 30.5 Å². The van der Waals surface area contributed by atoms with Gasteiger partial charge in [0.1, 0.15) is 0 Å². The monoisotopic (exact) mass is 438 g/mol. The number of carbonyl (C=O) groups excluding carboxylic acids is 1. The first-order valence-electron chi connectivity index (χ1n) is 12.5. The average Bonchev–Trinajstić information content (AvgIpc) is 3.28. The number of fused-ring (bicyclic) bond motifs is 1. The van der Waals surface area contributed by atoms with E-state index in [1.54, 1.807) is 0 Å². The largest absolute Gasteiger partial charge is 0.375 e. The van der Waals surface area contributed by atoms with E-state index in [2.05, 4.69) is 28.6 Å². The second kappa shape index (κ2) is 9.16. The second-order valence-corrected chi connectivity index (χ2v) is 10.4. The van der Waals surface area contributed by atoms with Crippen molar-refractivity contribution in [1.82, 2.24) is 19.7 Å².